The molecule has 0 aliphatic carbocycles. The van der Waals surface area contributed by atoms with Crippen molar-refractivity contribution in [3.8, 4) is 23.0 Å². The summed E-state index contributed by atoms with van der Waals surface area (Å²) in [6, 6.07) is 33.4. The Kier molecular flexibility index (Phi) is 15.6. The zero-order chi connectivity index (χ0) is 53.1. The fourth-order valence-electron chi connectivity index (χ4n) is 9.71. The van der Waals surface area contributed by atoms with Crippen LogP contribution in [0, 0.1) is 0 Å². The Morgan fingerprint density at radius 3 is 1.18 bits per heavy atom. The highest BCUT2D eigenvalue weighted by molar-refractivity contribution is 7.59. The van der Waals surface area contributed by atoms with Crippen LogP contribution >= 0.6 is 25.9 Å². The van der Waals surface area contributed by atoms with Gasteiger partial charge in [-0.3, -0.25) is 19.2 Å². The molecule has 0 unspecified atom stereocenters. The van der Waals surface area contributed by atoms with Crippen LogP contribution in [0.15, 0.2) is 121 Å². The predicted octanol–water partition coefficient (Wildman–Crippen LogP) is 8.55. The van der Waals surface area contributed by atoms with Crippen molar-refractivity contribution >= 4 is 72.7 Å². The van der Waals surface area contributed by atoms with Crippen molar-refractivity contribution in [1.82, 2.24) is 0 Å². The normalized spacial score (nSPS) is 15.2. The molecular weight excluding hydrogens is 1010 g/mol. The minimum Gasteiger partial charge on any atom is -0.460 e. The number of carbonyl (C=O) groups excluding carboxylic acids is 6. The molecular formula is C58H59ClN4O12S. The number of benzene rings is 6. The molecule has 0 aromatic heterocycles. The van der Waals surface area contributed by atoms with Crippen molar-refractivity contribution in [3.63, 3.8) is 0 Å². The first-order valence-electron chi connectivity index (χ1n) is 24.0. The second-order valence-electron chi connectivity index (χ2n) is 20.7. The molecule has 2 spiro atoms. The van der Waals surface area contributed by atoms with Gasteiger partial charge in [0.1, 0.15) is 34.2 Å². The third-order valence-corrected chi connectivity index (χ3v) is 12.8. The van der Waals surface area contributed by atoms with Gasteiger partial charge < -0.3 is 51.4 Å². The number of carbonyl (C=O) groups is 6. The lowest BCUT2D eigenvalue weighted by atomic mass is 9.77. The van der Waals surface area contributed by atoms with Gasteiger partial charge in [0.25, 0.3) is 0 Å². The molecule has 8 N–H and O–H groups in total. The van der Waals surface area contributed by atoms with Crippen LogP contribution < -0.4 is 32.4 Å². The molecule has 6 aromatic rings. The molecule has 76 heavy (non-hydrogen) atoms. The number of hydrogen-bond donors (Lipinski definition) is 4. The number of ether oxygens (including phenoxy) is 6. The Morgan fingerprint density at radius 2 is 0.829 bits per heavy atom. The first-order chi connectivity index (χ1) is 35.0. The summed E-state index contributed by atoms with van der Waals surface area (Å²) in [4.78, 5) is 76.5. The monoisotopic (exact) mass is 1070 g/mol. The van der Waals surface area contributed by atoms with Gasteiger partial charge in [-0.2, -0.15) is 13.5 Å². The number of nitrogen functional groups attached to an aromatic ring is 2. The molecule has 0 saturated heterocycles. The Morgan fingerprint density at radius 1 is 0.500 bits per heavy atom. The standard InChI is InChI=1S/C38H42N2O9.C20H14N2O3.ClH.H2S/c1-36(2,3)47-33(43)19-27(39)29(41)15-21-11-13-25-31(17-21)46-32-18-22(16-30(42)28(40)20-34(44)48-37(4,5)6)12-14-26(32)38(25)24-10-8-7-9-23(24)35(45)49-38;21-11-5-7-15-17(9-11)24-18-10-12(22)6-8-16(18)20(15)14-4-2-1-3-13(14)19(23)25-20;;/h7-14,17-18,27-28H,15-16,19-20,39-40H2,1-6H3;1-10H,21-22H2;1H;1H2/t27-,28-;;;/m0.../s1. The van der Waals surface area contributed by atoms with Crippen molar-refractivity contribution in [3.05, 3.63) is 177 Å². The lowest BCUT2D eigenvalue weighted by Crippen LogP contribution is -2.37. The number of ketones is 2. The molecule has 396 valence electrons. The Hall–Kier alpha value is -7.70. The molecule has 0 saturated carbocycles. The van der Waals surface area contributed by atoms with Gasteiger partial charge in [-0.15, -0.1) is 12.4 Å². The smallest absolute Gasteiger partial charge is 0.340 e. The highest BCUT2D eigenvalue weighted by Gasteiger charge is 2.55. The van der Waals surface area contributed by atoms with Gasteiger partial charge in [0.15, 0.2) is 22.8 Å². The van der Waals surface area contributed by atoms with E-state index in [1.165, 1.54) is 0 Å². The van der Waals surface area contributed by atoms with Crippen LogP contribution in [0.5, 0.6) is 23.0 Å². The maximum absolute atomic E-state index is 13.2. The summed E-state index contributed by atoms with van der Waals surface area (Å²) in [6.45, 7) is 10.4. The van der Waals surface area contributed by atoms with Crippen molar-refractivity contribution in [2.75, 3.05) is 11.5 Å². The SMILES string of the molecule is CC(C)(C)OC(=O)C[C@H](N)C(=O)Cc1ccc2c(c1)Oc1cc(CC(=O)[C@@H](N)CC(=O)OC(C)(C)C)ccc1C21OC(=O)c2ccccc21.Cl.Nc1ccc2c(c1)Oc1cc(N)ccc1C21OC(=O)c2ccccc21.S. The van der Waals surface area contributed by atoms with Gasteiger partial charge in [-0.05, 0) is 101 Å². The minimum absolute atomic E-state index is 0. The molecule has 0 radical (unpaired) electrons. The molecule has 16 nitrogen and oxygen atoms in total. The van der Waals surface area contributed by atoms with Crippen LogP contribution in [0.4, 0.5) is 11.4 Å². The maximum atomic E-state index is 13.2. The molecule has 2 atom stereocenters. The van der Waals surface area contributed by atoms with Crippen molar-refractivity contribution in [1.29, 1.82) is 0 Å². The van der Waals surface area contributed by atoms with E-state index in [1.54, 1.807) is 120 Å². The van der Waals surface area contributed by atoms with Gasteiger partial charge >= 0.3 is 23.9 Å². The molecule has 0 bridgehead atoms. The van der Waals surface area contributed by atoms with E-state index in [9.17, 15) is 28.8 Å². The second-order valence-corrected chi connectivity index (χ2v) is 20.7. The Labute approximate surface area is 452 Å². The molecule has 6 aromatic carbocycles. The summed E-state index contributed by atoms with van der Waals surface area (Å²) in [6.07, 6.45) is -0.685. The van der Waals surface area contributed by atoms with Crippen molar-refractivity contribution < 1.29 is 57.2 Å². The zero-order valence-electron chi connectivity index (χ0n) is 42.6. The van der Waals surface area contributed by atoms with Gasteiger partial charge in [0.2, 0.25) is 0 Å². The summed E-state index contributed by atoms with van der Waals surface area (Å²) in [5.41, 5.74) is 27.4. The number of anilines is 2. The van der Waals surface area contributed by atoms with Crippen molar-refractivity contribution in [2.45, 2.75) is 102 Å². The molecule has 18 heteroatoms. The van der Waals surface area contributed by atoms with Crippen LogP contribution in [-0.2, 0) is 62.2 Å². The summed E-state index contributed by atoms with van der Waals surface area (Å²) < 4.78 is 35.2. The quantitative estimate of drug-likeness (QED) is 0.0569. The number of rotatable bonds is 10. The van der Waals surface area contributed by atoms with Crippen LogP contribution in [0.25, 0.3) is 0 Å². The van der Waals surface area contributed by atoms with Gasteiger partial charge in [0.05, 0.1) is 36.1 Å². The third-order valence-electron chi connectivity index (χ3n) is 12.8. The van der Waals surface area contributed by atoms with E-state index in [1.807, 2.05) is 42.5 Å². The Balaban J connectivity index is 0.000000259. The summed E-state index contributed by atoms with van der Waals surface area (Å²) in [7, 11) is 0. The van der Waals surface area contributed by atoms with Gasteiger partial charge in [-0.25, -0.2) is 9.59 Å². The molecule has 4 aliphatic rings. The lowest BCUT2D eigenvalue weighted by Gasteiger charge is -2.37. The molecule has 0 fully saturated rings. The highest BCUT2D eigenvalue weighted by Crippen LogP contribution is 2.58. The van der Waals surface area contributed by atoms with Gasteiger partial charge in [0, 0.05) is 69.7 Å². The van der Waals surface area contributed by atoms with E-state index in [2.05, 4.69) is 0 Å². The first-order valence-corrected chi connectivity index (χ1v) is 24.0. The summed E-state index contributed by atoms with van der Waals surface area (Å²) in [5.74, 6) is -0.927. The molecule has 0 amide bonds. The molecule has 4 heterocycles. The van der Waals surface area contributed by atoms with Crippen molar-refractivity contribution in [2.24, 2.45) is 11.5 Å². The maximum Gasteiger partial charge on any atom is 0.340 e. The van der Waals surface area contributed by atoms with Gasteiger partial charge in [-0.1, -0.05) is 60.7 Å². The lowest BCUT2D eigenvalue weighted by molar-refractivity contribution is -0.156. The Bertz CT molecular complexity index is 3180. The molecule has 10 rings (SSSR count). The average molecular weight is 1070 g/mol. The zero-order valence-corrected chi connectivity index (χ0v) is 44.5. The van der Waals surface area contributed by atoms with E-state index >= 15 is 0 Å². The summed E-state index contributed by atoms with van der Waals surface area (Å²) >= 11 is 0. The minimum atomic E-state index is -1.36. The number of nitrogens with two attached hydrogens (primary N) is 4. The van der Waals surface area contributed by atoms with Crippen LogP contribution in [0.3, 0.4) is 0 Å². The molecule has 4 aliphatic heterocycles. The predicted molar refractivity (Wildman–Crippen MR) is 290 cm³/mol. The number of hydrogen-bond acceptors (Lipinski definition) is 16. The number of fused-ring (bicyclic) bond motifs is 12. The van der Waals surface area contributed by atoms with E-state index in [0.717, 1.165) is 16.7 Å². The topological polar surface area (TPSA) is 262 Å². The fraction of sp³-hybridized carbons (Fsp3) is 0.276. The largest absolute Gasteiger partial charge is 0.460 e. The van der Waals surface area contributed by atoms with E-state index < -0.39 is 52.4 Å². The number of halogens is 1. The number of esters is 4. The van der Waals surface area contributed by atoms with Crippen LogP contribution in [0.1, 0.15) is 120 Å². The van der Waals surface area contributed by atoms with E-state index in [-0.39, 0.29) is 69.1 Å². The van der Waals surface area contributed by atoms with E-state index in [4.69, 9.17) is 51.4 Å². The first kappa shape index (κ1) is 56.0. The van der Waals surface area contributed by atoms with Crippen LogP contribution in [0.2, 0.25) is 0 Å². The fourth-order valence-corrected chi connectivity index (χ4v) is 9.71. The average Bonchev–Trinajstić information content (AvgIpc) is 3.78. The highest BCUT2D eigenvalue weighted by atomic mass is 35.5. The third kappa shape index (κ3) is 10.7. The summed E-state index contributed by atoms with van der Waals surface area (Å²) in [5, 5.41) is 0. The second kappa shape index (κ2) is 21.1. The van der Waals surface area contributed by atoms with E-state index in [0.29, 0.717) is 73.3 Å². The number of Topliss-reactive ketones (excluding diaryl/α,β-unsaturated/α-hetero) is 2. The van der Waals surface area contributed by atoms with Crippen LogP contribution in [-0.4, -0.2) is 58.7 Å².